The molecule has 0 aliphatic heterocycles. The molecule has 6 nitrogen and oxygen atoms in total. The first-order valence-corrected chi connectivity index (χ1v) is 9.23. The molecule has 0 saturated heterocycles. The number of nitrogens with one attached hydrogen (secondary N) is 1. The van der Waals surface area contributed by atoms with Gasteiger partial charge in [-0.3, -0.25) is 4.79 Å². The monoisotopic (exact) mass is 359 g/mol. The van der Waals surface area contributed by atoms with Crippen LogP contribution in [0.2, 0.25) is 0 Å². The van der Waals surface area contributed by atoms with Gasteiger partial charge in [0.25, 0.3) is 0 Å². The molecule has 6 heteroatoms. The molecule has 0 unspecified atom stereocenters. The number of esters is 1. The van der Waals surface area contributed by atoms with Gasteiger partial charge in [0.15, 0.2) is 0 Å². The van der Waals surface area contributed by atoms with Crippen molar-refractivity contribution in [2.75, 3.05) is 0 Å². The zero-order valence-corrected chi connectivity index (χ0v) is 15.8. The second kappa shape index (κ2) is 9.36. The Morgan fingerprint density at radius 3 is 2.58 bits per heavy atom. The first-order chi connectivity index (χ1) is 12.4. The van der Waals surface area contributed by atoms with Crippen LogP contribution >= 0.6 is 0 Å². The van der Waals surface area contributed by atoms with Gasteiger partial charge < -0.3 is 10.5 Å². The molecule has 1 aliphatic rings. The SMILES string of the molecule is CC(C)[C@@H]1CC[C@H](C)C[C@H]1OC(=O)CC(=NNC(N)=O)c1ccccc1. The first-order valence-electron chi connectivity index (χ1n) is 9.23. The molecule has 1 aromatic carbocycles. The van der Waals surface area contributed by atoms with Gasteiger partial charge in [0.2, 0.25) is 0 Å². The molecule has 1 aromatic rings. The maximum absolute atomic E-state index is 12.6. The van der Waals surface area contributed by atoms with Crippen molar-refractivity contribution >= 4 is 17.7 Å². The summed E-state index contributed by atoms with van der Waals surface area (Å²) in [5, 5.41) is 3.99. The summed E-state index contributed by atoms with van der Waals surface area (Å²) in [7, 11) is 0. The van der Waals surface area contributed by atoms with E-state index in [0.29, 0.717) is 23.5 Å². The molecule has 3 atom stereocenters. The zero-order chi connectivity index (χ0) is 19.1. The van der Waals surface area contributed by atoms with E-state index in [1.807, 2.05) is 30.3 Å². The van der Waals surface area contributed by atoms with Crippen LogP contribution in [0.15, 0.2) is 35.4 Å². The molecule has 0 radical (unpaired) electrons. The van der Waals surface area contributed by atoms with Gasteiger partial charge in [0.1, 0.15) is 6.10 Å². The van der Waals surface area contributed by atoms with Crippen LogP contribution < -0.4 is 11.2 Å². The molecule has 1 fully saturated rings. The van der Waals surface area contributed by atoms with Crippen LogP contribution in [0, 0.1) is 17.8 Å². The number of ether oxygens (including phenoxy) is 1. The van der Waals surface area contributed by atoms with Crippen molar-refractivity contribution in [1.82, 2.24) is 5.43 Å². The molecule has 0 heterocycles. The number of urea groups is 1. The molecule has 2 amide bonds. The Labute approximate surface area is 155 Å². The second-order valence-electron chi connectivity index (χ2n) is 7.43. The third-order valence-electron chi connectivity index (χ3n) is 4.96. The fraction of sp³-hybridized carbons (Fsp3) is 0.550. The van der Waals surface area contributed by atoms with E-state index in [2.05, 4.69) is 31.3 Å². The molecule has 1 saturated carbocycles. The number of carbonyl (C=O) groups is 2. The summed E-state index contributed by atoms with van der Waals surface area (Å²) in [6, 6.07) is 8.45. The number of rotatable bonds is 6. The number of amides is 2. The smallest absolute Gasteiger partial charge is 0.332 e. The maximum atomic E-state index is 12.6. The average molecular weight is 359 g/mol. The number of carbonyl (C=O) groups excluding carboxylic acids is 2. The summed E-state index contributed by atoms with van der Waals surface area (Å²) in [6.45, 7) is 6.55. The van der Waals surface area contributed by atoms with Gasteiger partial charge in [-0.15, -0.1) is 0 Å². The van der Waals surface area contributed by atoms with Gasteiger partial charge >= 0.3 is 12.0 Å². The van der Waals surface area contributed by atoms with Gasteiger partial charge in [-0.25, -0.2) is 10.2 Å². The van der Waals surface area contributed by atoms with Crippen molar-refractivity contribution in [3.05, 3.63) is 35.9 Å². The highest BCUT2D eigenvalue weighted by molar-refractivity contribution is 6.09. The number of nitrogens with zero attached hydrogens (tertiary/aromatic N) is 1. The minimum atomic E-state index is -0.771. The molecule has 0 bridgehead atoms. The van der Waals surface area contributed by atoms with Gasteiger partial charge in [-0.1, -0.05) is 57.5 Å². The van der Waals surface area contributed by atoms with Crippen LogP contribution in [0.25, 0.3) is 0 Å². The molecule has 2 rings (SSSR count). The van der Waals surface area contributed by atoms with Crippen molar-refractivity contribution in [3.63, 3.8) is 0 Å². The Morgan fingerprint density at radius 2 is 1.96 bits per heavy atom. The summed E-state index contributed by atoms with van der Waals surface area (Å²) in [6.07, 6.45) is 3.08. The van der Waals surface area contributed by atoms with Gasteiger partial charge in [-0.2, -0.15) is 5.10 Å². The maximum Gasteiger partial charge on any atom is 0.332 e. The van der Waals surface area contributed by atoms with Crippen LogP contribution in [0.1, 0.15) is 52.0 Å². The highest BCUT2D eigenvalue weighted by Gasteiger charge is 2.33. The van der Waals surface area contributed by atoms with Crippen molar-refractivity contribution in [2.24, 2.45) is 28.6 Å². The Hall–Kier alpha value is -2.37. The van der Waals surface area contributed by atoms with Crippen LogP contribution in [-0.2, 0) is 9.53 Å². The minimum Gasteiger partial charge on any atom is -0.462 e. The number of nitrogens with two attached hydrogens (primary N) is 1. The molecule has 0 aromatic heterocycles. The minimum absolute atomic E-state index is 0.0139. The quantitative estimate of drug-likeness (QED) is 0.463. The van der Waals surface area contributed by atoms with E-state index in [9.17, 15) is 9.59 Å². The Bertz CT molecular complexity index is 643. The van der Waals surface area contributed by atoms with Crippen molar-refractivity contribution < 1.29 is 14.3 Å². The normalized spacial score (nSPS) is 23.5. The van der Waals surface area contributed by atoms with E-state index in [0.717, 1.165) is 18.4 Å². The lowest BCUT2D eigenvalue weighted by Crippen LogP contribution is -2.36. The van der Waals surface area contributed by atoms with Crippen molar-refractivity contribution in [3.8, 4) is 0 Å². The van der Waals surface area contributed by atoms with Crippen LogP contribution in [0.4, 0.5) is 4.79 Å². The molecule has 142 valence electrons. The van der Waals surface area contributed by atoms with Crippen LogP contribution in [-0.4, -0.2) is 23.8 Å². The topological polar surface area (TPSA) is 93.8 Å². The number of hydrogen-bond acceptors (Lipinski definition) is 4. The molecular weight excluding hydrogens is 330 g/mol. The highest BCUT2D eigenvalue weighted by Crippen LogP contribution is 2.35. The van der Waals surface area contributed by atoms with E-state index in [-0.39, 0.29) is 18.5 Å². The lowest BCUT2D eigenvalue weighted by Gasteiger charge is -2.36. The van der Waals surface area contributed by atoms with Crippen LogP contribution in [0.5, 0.6) is 0 Å². The average Bonchev–Trinajstić information content (AvgIpc) is 2.59. The lowest BCUT2D eigenvalue weighted by atomic mass is 9.75. The highest BCUT2D eigenvalue weighted by atomic mass is 16.5. The van der Waals surface area contributed by atoms with E-state index >= 15 is 0 Å². The Balaban J connectivity index is 2.08. The van der Waals surface area contributed by atoms with E-state index in [4.69, 9.17) is 10.5 Å². The standard InChI is InChI=1S/C20H29N3O3/c1-13(2)16-10-9-14(3)11-18(16)26-19(24)12-17(22-23-20(21)25)15-7-5-4-6-8-15/h4-8,13-14,16,18H,9-12H2,1-3H3,(H3,21,23,25)/t14-,16-,18+/m0/s1. The number of primary amides is 1. The van der Waals surface area contributed by atoms with Gasteiger partial charge in [0, 0.05) is 0 Å². The van der Waals surface area contributed by atoms with Gasteiger partial charge in [0.05, 0.1) is 12.1 Å². The number of benzene rings is 1. The van der Waals surface area contributed by atoms with Gasteiger partial charge in [-0.05, 0) is 36.2 Å². The third-order valence-corrected chi connectivity index (χ3v) is 4.96. The summed E-state index contributed by atoms with van der Waals surface area (Å²) >= 11 is 0. The second-order valence-corrected chi connectivity index (χ2v) is 7.43. The van der Waals surface area contributed by atoms with Crippen molar-refractivity contribution in [1.29, 1.82) is 0 Å². The molecule has 26 heavy (non-hydrogen) atoms. The molecular formula is C20H29N3O3. The summed E-state index contributed by atoms with van der Waals surface area (Å²) in [4.78, 5) is 23.5. The zero-order valence-electron chi connectivity index (χ0n) is 15.8. The predicted octanol–water partition coefficient (Wildman–Crippen LogP) is 3.45. The van der Waals surface area contributed by atoms with E-state index in [1.165, 1.54) is 6.42 Å². The fourth-order valence-corrected chi connectivity index (χ4v) is 3.56. The number of hydrazone groups is 1. The Kier molecular flexibility index (Phi) is 7.18. The summed E-state index contributed by atoms with van der Waals surface area (Å²) in [5.74, 6) is 1.08. The predicted molar refractivity (Wildman–Crippen MR) is 102 cm³/mol. The Morgan fingerprint density at radius 1 is 1.27 bits per heavy atom. The van der Waals surface area contributed by atoms with E-state index in [1.54, 1.807) is 0 Å². The summed E-state index contributed by atoms with van der Waals surface area (Å²) < 4.78 is 5.83. The third kappa shape index (κ3) is 5.86. The number of hydrogen-bond donors (Lipinski definition) is 2. The molecule has 0 spiro atoms. The van der Waals surface area contributed by atoms with Crippen LogP contribution in [0.3, 0.4) is 0 Å². The fourth-order valence-electron chi connectivity index (χ4n) is 3.56. The van der Waals surface area contributed by atoms with Crippen molar-refractivity contribution in [2.45, 2.75) is 52.6 Å². The summed E-state index contributed by atoms with van der Waals surface area (Å²) in [5.41, 5.74) is 8.47. The largest absolute Gasteiger partial charge is 0.462 e. The molecule has 1 aliphatic carbocycles. The molecule has 3 N–H and O–H groups in total. The first kappa shape index (κ1) is 19.9. The van der Waals surface area contributed by atoms with E-state index < -0.39 is 6.03 Å². The lowest BCUT2D eigenvalue weighted by molar-refractivity contribution is -0.154.